The van der Waals surface area contributed by atoms with Crippen LogP contribution in [-0.4, -0.2) is 41.4 Å². The average Bonchev–Trinajstić information content (AvgIpc) is 2.47. The Kier molecular flexibility index (Phi) is 4.01. The molecular weight excluding hydrogens is 282 g/mol. The molecule has 1 aromatic rings. The summed E-state index contributed by atoms with van der Waals surface area (Å²) in [4.78, 5) is 14.8. The minimum atomic E-state index is -3.90. The molecule has 106 valence electrons. The fourth-order valence-corrected chi connectivity index (χ4v) is 3.77. The Labute approximate surface area is 116 Å². The van der Waals surface area contributed by atoms with Crippen LogP contribution >= 0.6 is 0 Å². The largest absolute Gasteiger partial charge is 0.480 e. The van der Waals surface area contributed by atoms with Gasteiger partial charge in [-0.25, -0.2) is 13.4 Å². The van der Waals surface area contributed by atoms with Gasteiger partial charge in [-0.2, -0.15) is 9.57 Å². The number of carboxylic acids is 1. The molecule has 8 heteroatoms. The lowest BCUT2D eigenvalue weighted by Gasteiger charge is -2.31. The van der Waals surface area contributed by atoms with E-state index < -0.39 is 22.0 Å². The molecule has 0 radical (unpaired) electrons. The highest BCUT2D eigenvalue weighted by atomic mass is 32.2. The van der Waals surface area contributed by atoms with E-state index in [0.717, 1.165) is 10.5 Å². The Balaban J connectivity index is 2.37. The van der Waals surface area contributed by atoms with Crippen LogP contribution in [0.1, 0.15) is 25.0 Å². The SMILES string of the molecule is N#Cc1ccc(S(=O)(=O)N2CCCCC2C(=O)O)cn1. The standard InChI is InChI=1S/C12H13N3O4S/c13-7-9-4-5-10(8-14-9)20(18,19)15-6-2-1-3-11(15)12(16)17/h4-5,8,11H,1-3,6H2,(H,16,17). The summed E-state index contributed by atoms with van der Waals surface area (Å²) in [5.74, 6) is -1.14. The predicted molar refractivity (Wildman–Crippen MR) is 68.1 cm³/mol. The summed E-state index contributed by atoms with van der Waals surface area (Å²) in [7, 11) is -3.90. The lowest BCUT2D eigenvalue weighted by atomic mass is 10.1. The maximum atomic E-state index is 12.4. The van der Waals surface area contributed by atoms with Crippen molar-refractivity contribution in [2.45, 2.75) is 30.2 Å². The fraction of sp³-hybridized carbons (Fsp3) is 0.417. The van der Waals surface area contributed by atoms with Crippen molar-refractivity contribution in [2.75, 3.05) is 6.54 Å². The van der Waals surface area contributed by atoms with Gasteiger partial charge >= 0.3 is 5.97 Å². The number of sulfonamides is 1. The topological polar surface area (TPSA) is 111 Å². The second-order valence-electron chi connectivity index (χ2n) is 4.46. The lowest BCUT2D eigenvalue weighted by Crippen LogP contribution is -2.47. The van der Waals surface area contributed by atoms with Crippen molar-refractivity contribution in [3.05, 3.63) is 24.0 Å². The highest BCUT2D eigenvalue weighted by Gasteiger charge is 2.37. The highest BCUT2D eigenvalue weighted by Crippen LogP contribution is 2.25. The van der Waals surface area contributed by atoms with E-state index in [1.807, 2.05) is 0 Å². The number of pyridine rings is 1. The summed E-state index contributed by atoms with van der Waals surface area (Å²) in [6.45, 7) is 0.180. The number of piperidine rings is 1. The molecule has 7 nitrogen and oxygen atoms in total. The number of carboxylic acid groups (broad SMARTS) is 1. The third-order valence-corrected chi connectivity index (χ3v) is 5.09. The molecule has 1 saturated heterocycles. The first-order valence-electron chi connectivity index (χ1n) is 6.07. The van der Waals surface area contributed by atoms with Crippen molar-refractivity contribution < 1.29 is 18.3 Å². The Hall–Kier alpha value is -1.98. The molecule has 0 saturated carbocycles. The van der Waals surface area contributed by atoms with Crippen LogP contribution in [0.2, 0.25) is 0 Å². The van der Waals surface area contributed by atoms with E-state index in [-0.39, 0.29) is 17.1 Å². The molecule has 2 heterocycles. The quantitative estimate of drug-likeness (QED) is 0.873. The van der Waals surface area contributed by atoms with Gasteiger partial charge in [-0.3, -0.25) is 4.79 Å². The van der Waals surface area contributed by atoms with Crippen molar-refractivity contribution in [3.8, 4) is 6.07 Å². The van der Waals surface area contributed by atoms with Crippen molar-refractivity contribution in [1.82, 2.24) is 9.29 Å². The number of aromatic nitrogens is 1. The van der Waals surface area contributed by atoms with Gasteiger partial charge in [0.1, 0.15) is 22.7 Å². The summed E-state index contributed by atoms with van der Waals surface area (Å²) in [5, 5.41) is 17.8. The molecule has 1 aromatic heterocycles. The monoisotopic (exact) mass is 295 g/mol. The fourth-order valence-electron chi connectivity index (χ4n) is 2.17. The number of aliphatic carboxylic acids is 1. The van der Waals surface area contributed by atoms with Crippen LogP contribution in [0.5, 0.6) is 0 Å². The van der Waals surface area contributed by atoms with E-state index >= 15 is 0 Å². The zero-order valence-electron chi connectivity index (χ0n) is 10.6. The molecule has 0 spiro atoms. The maximum Gasteiger partial charge on any atom is 0.322 e. The van der Waals surface area contributed by atoms with Crippen molar-refractivity contribution >= 4 is 16.0 Å². The molecule has 1 aliphatic heterocycles. The molecule has 0 aliphatic carbocycles. The Morgan fingerprint density at radius 1 is 1.45 bits per heavy atom. The molecule has 1 atom stereocenters. The van der Waals surface area contributed by atoms with Crippen LogP contribution in [-0.2, 0) is 14.8 Å². The van der Waals surface area contributed by atoms with E-state index in [0.29, 0.717) is 19.3 Å². The van der Waals surface area contributed by atoms with E-state index in [2.05, 4.69) is 4.98 Å². The van der Waals surface area contributed by atoms with Gasteiger partial charge in [0.2, 0.25) is 10.0 Å². The summed E-state index contributed by atoms with van der Waals surface area (Å²) in [6.07, 6.45) is 2.71. The molecule has 0 aromatic carbocycles. The molecule has 1 fully saturated rings. The summed E-state index contributed by atoms with van der Waals surface area (Å²) in [5.41, 5.74) is 0.109. The molecular formula is C12H13N3O4S. The summed E-state index contributed by atoms with van der Waals surface area (Å²) in [6, 6.07) is 3.33. The number of nitriles is 1. The molecule has 0 amide bonds. The van der Waals surface area contributed by atoms with Gasteiger partial charge in [-0.15, -0.1) is 0 Å². The van der Waals surface area contributed by atoms with Gasteiger partial charge in [-0.05, 0) is 31.4 Å². The first-order chi connectivity index (χ1) is 9.46. The second-order valence-corrected chi connectivity index (χ2v) is 6.35. The van der Waals surface area contributed by atoms with Crippen molar-refractivity contribution in [3.63, 3.8) is 0 Å². The Morgan fingerprint density at radius 3 is 2.75 bits per heavy atom. The van der Waals surface area contributed by atoms with Crippen LogP contribution in [0.15, 0.2) is 23.2 Å². The molecule has 0 bridgehead atoms. The number of hydrogen-bond acceptors (Lipinski definition) is 5. The minimum absolute atomic E-state index is 0.0929. The van der Waals surface area contributed by atoms with Crippen molar-refractivity contribution in [1.29, 1.82) is 5.26 Å². The third kappa shape index (κ3) is 2.64. The number of rotatable bonds is 3. The van der Waals surface area contributed by atoms with Crippen molar-refractivity contribution in [2.24, 2.45) is 0 Å². The first-order valence-corrected chi connectivity index (χ1v) is 7.51. The lowest BCUT2D eigenvalue weighted by molar-refractivity contribution is -0.142. The van der Waals surface area contributed by atoms with E-state index in [4.69, 9.17) is 10.4 Å². The molecule has 1 N–H and O–H groups in total. The summed E-state index contributed by atoms with van der Waals surface area (Å²) >= 11 is 0. The van der Waals surface area contributed by atoms with Crippen LogP contribution in [0, 0.1) is 11.3 Å². The van der Waals surface area contributed by atoms with Crippen LogP contribution in [0.3, 0.4) is 0 Å². The maximum absolute atomic E-state index is 12.4. The molecule has 20 heavy (non-hydrogen) atoms. The predicted octanol–water partition coefficient (Wildman–Crippen LogP) is 0.581. The number of carbonyl (C=O) groups is 1. The zero-order chi connectivity index (χ0) is 14.8. The molecule has 1 aliphatic rings. The van der Waals surface area contributed by atoms with Gasteiger partial charge in [-0.1, -0.05) is 0 Å². The normalized spacial score (nSPS) is 20.2. The van der Waals surface area contributed by atoms with E-state index in [1.54, 1.807) is 6.07 Å². The van der Waals surface area contributed by atoms with Gasteiger partial charge in [0.25, 0.3) is 0 Å². The first kappa shape index (κ1) is 14.4. The second kappa shape index (κ2) is 5.56. The van der Waals surface area contributed by atoms with Crippen LogP contribution < -0.4 is 0 Å². The average molecular weight is 295 g/mol. The van der Waals surface area contributed by atoms with Crippen LogP contribution in [0.4, 0.5) is 0 Å². The van der Waals surface area contributed by atoms with Crippen LogP contribution in [0.25, 0.3) is 0 Å². The highest BCUT2D eigenvalue weighted by molar-refractivity contribution is 7.89. The van der Waals surface area contributed by atoms with E-state index in [1.165, 1.54) is 12.1 Å². The summed E-state index contributed by atoms with van der Waals surface area (Å²) < 4.78 is 25.9. The Morgan fingerprint density at radius 2 is 2.20 bits per heavy atom. The zero-order valence-corrected chi connectivity index (χ0v) is 11.4. The number of hydrogen-bond donors (Lipinski definition) is 1. The Bertz CT molecular complexity index is 648. The van der Waals surface area contributed by atoms with E-state index in [9.17, 15) is 13.2 Å². The third-order valence-electron chi connectivity index (χ3n) is 3.20. The van der Waals surface area contributed by atoms with Gasteiger partial charge in [0.15, 0.2) is 0 Å². The molecule has 1 unspecified atom stereocenters. The van der Waals surface area contributed by atoms with Gasteiger partial charge in [0.05, 0.1) is 0 Å². The molecule has 2 rings (SSSR count). The van der Waals surface area contributed by atoms with Gasteiger partial charge in [0, 0.05) is 12.7 Å². The smallest absolute Gasteiger partial charge is 0.322 e. The number of nitrogens with zero attached hydrogens (tertiary/aromatic N) is 3. The van der Waals surface area contributed by atoms with Gasteiger partial charge < -0.3 is 5.11 Å². The minimum Gasteiger partial charge on any atom is -0.480 e.